The predicted octanol–water partition coefficient (Wildman–Crippen LogP) is 1.86. The molecule has 0 aliphatic carbocycles. The third kappa shape index (κ3) is 2.04. The lowest BCUT2D eigenvalue weighted by Gasteiger charge is -2.02. The highest BCUT2D eigenvalue weighted by Crippen LogP contribution is 2.31. The first-order chi connectivity index (χ1) is 6.99. The number of Topliss-reactive ketones (excluding diaryl/α,β-unsaturated/α-hetero) is 1. The van der Waals surface area contributed by atoms with Crippen molar-refractivity contribution in [2.75, 3.05) is 5.88 Å². The zero-order valence-electron chi connectivity index (χ0n) is 7.24. The number of hydrogen-bond donors (Lipinski definition) is 1. The van der Waals surface area contributed by atoms with E-state index >= 15 is 0 Å². The molecule has 0 heterocycles. The summed E-state index contributed by atoms with van der Waals surface area (Å²) in [6, 6.07) is 1.57. The van der Waals surface area contributed by atoms with Gasteiger partial charge in [0.2, 0.25) is 0 Å². The van der Waals surface area contributed by atoms with Crippen LogP contribution in [0.3, 0.4) is 0 Å². The molecule has 5 nitrogen and oxygen atoms in total. The summed E-state index contributed by atoms with van der Waals surface area (Å²) in [6.45, 7) is 0. The SMILES string of the molecule is O=C(CCl)c1c(F)ccc(O)c1[N+](=O)[O-]. The zero-order chi connectivity index (χ0) is 11.6. The smallest absolute Gasteiger partial charge is 0.324 e. The van der Waals surface area contributed by atoms with E-state index in [1.807, 2.05) is 0 Å². The van der Waals surface area contributed by atoms with E-state index in [1.165, 1.54) is 0 Å². The Hall–Kier alpha value is -1.69. The lowest BCUT2D eigenvalue weighted by molar-refractivity contribution is -0.386. The Bertz CT molecular complexity index is 435. The van der Waals surface area contributed by atoms with Crippen molar-refractivity contribution < 1.29 is 19.2 Å². The second kappa shape index (κ2) is 4.22. The lowest BCUT2D eigenvalue weighted by Crippen LogP contribution is -2.08. The molecule has 0 saturated heterocycles. The van der Waals surface area contributed by atoms with Crippen LogP contribution in [0, 0.1) is 15.9 Å². The summed E-state index contributed by atoms with van der Waals surface area (Å²) >= 11 is 5.17. The number of benzene rings is 1. The quantitative estimate of drug-likeness (QED) is 0.374. The number of phenols is 1. The Kier molecular flexibility index (Phi) is 3.21. The van der Waals surface area contributed by atoms with Crippen molar-refractivity contribution >= 4 is 23.1 Å². The van der Waals surface area contributed by atoms with Gasteiger partial charge in [0.25, 0.3) is 0 Å². The highest BCUT2D eigenvalue weighted by atomic mass is 35.5. The van der Waals surface area contributed by atoms with Gasteiger partial charge in [-0.05, 0) is 12.1 Å². The minimum atomic E-state index is -1.08. The molecule has 0 aromatic heterocycles. The highest BCUT2D eigenvalue weighted by molar-refractivity contribution is 6.31. The number of halogens is 2. The second-order valence-corrected chi connectivity index (χ2v) is 2.87. The number of carbonyl (C=O) groups is 1. The number of nitro groups is 1. The van der Waals surface area contributed by atoms with Crippen molar-refractivity contribution in [3.8, 4) is 5.75 Å². The van der Waals surface area contributed by atoms with Crippen LogP contribution in [0.15, 0.2) is 12.1 Å². The fraction of sp³-hybridized carbons (Fsp3) is 0.125. The molecule has 0 fully saturated rings. The number of phenolic OH excluding ortho intramolecular Hbond substituents is 1. The van der Waals surface area contributed by atoms with Crippen LogP contribution in [-0.4, -0.2) is 21.7 Å². The Morgan fingerprint density at radius 3 is 2.67 bits per heavy atom. The van der Waals surface area contributed by atoms with Crippen LogP contribution in [-0.2, 0) is 0 Å². The van der Waals surface area contributed by atoms with Crippen molar-refractivity contribution in [2.45, 2.75) is 0 Å². The molecule has 0 atom stereocenters. The van der Waals surface area contributed by atoms with Crippen molar-refractivity contribution in [2.24, 2.45) is 0 Å². The summed E-state index contributed by atoms with van der Waals surface area (Å²) in [5.41, 5.74) is -1.75. The molecule has 0 spiro atoms. The molecular weight excluding hydrogens is 229 g/mol. The van der Waals surface area contributed by atoms with E-state index < -0.39 is 39.4 Å². The number of rotatable bonds is 3. The van der Waals surface area contributed by atoms with Crippen LogP contribution in [0.1, 0.15) is 10.4 Å². The van der Waals surface area contributed by atoms with Crippen molar-refractivity contribution in [3.63, 3.8) is 0 Å². The standard InChI is InChI=1S/C8H5ClFNO4/c9-3-6(13)7-4(10)1-2-5(12)8(7)11(14)15/h1-2,12H,3H2. The van der Waals surface area contributed by atoms with Gasteiger partial charge < -0.3 is 5.11 Å². The van der Waals surface area contributed by atoms with E-state index in [0.717, 1.165) is 12.1 Å². The number of carbonyl (C=O) groups excluding carboxylic acids is 1. The van der Waals surface area contributed by atoms with Gasteiger partial charge in [0, 0.05) is 0 Å². The fourth-order valence-electron chi connectivity index (χ4n) is 1.07. The van der Waals surface area contributed by atoms with Crippen LogP contribution < -0.4 is 0 Å². The average molecular weight is 234 g/mol. The molecule has 1 aromatic carbocycles. The largest absolute Gasteiger partial charge is 0.502 e. The van der Waals surface area contributed by atoms with Gasteiger partial charge in [-0.25, -0.2) is 4.39 Å². The molecule has 7 heteroatoms. The van der Waals surface area contributed by atoms with Gasteiger partial charge in [-0.3, -0.25) is 14.9 Å². The van der Waals surface area contributed by atoms with Crippen LogP contribution >= 0.6 is 11.6 Å². The molecule has 1 aromatic rings. The number of alkyl halides is 1. The Morgan fingerprint density at radius 2 is 2.20 bits per heavy atom. The first-order valence-corrected chi connectivity index (χ1v) is 4.27. The van der Waals surface area contributed by atoms with Crippen LogP contribution in [0.4, 0.5) is 10.1 Å². The molecule has 0 aliphatic rings. The summed E-state index contributed by atoms with van der Waals surface area (Å²) in [5, 5.41) is 19.6. The monoisotopic (exact) mass is 233 g/mol. The lowest BCUT2D eigenvalue weighted by atomic mass is 10.1. The molecule has 0 amide bonds. The molecule has 80 valence electrons. The number of nitro benzene ring substituents is 1. The van der Waals surface area contributed by atoms with Gasteiger partial charge in [0.15, 0.2) is 11.5 Å². The molecule has 1 rings (SSSR count). The summed E-state index contributed by atoms with van der Waals surface area (Å²) in [7, 11) is 0. The van der Waals surface area contributed by atoms with E-state index in [1.54, 1.807) is 0 Å². The number of aromatic hydroxyl groups is 1. The van der Waals surface area contributed by atoms with E-state index in [2.05, 4.69) is 0 Å². The van der Waals surface area contributed by atoms with Gasteiger partial charge in [-0.2, -0.15) is 0 Å². The fourth-order valence-corrected chi connectivity index (χ4v) is 1.21. The topological polar surface area (TPSA) is 80.4 Å². The van der Waals surface area contributed by atoms with Gasteiger partial charge in [-0.1, -0.05) is 0 Å². The molecule has 1 N–H and O–H groups in total. The normalized spacial score (nSPS) is 10.0. The van der Waals surface area contributed by atoms with Crippen LogP contribution in [0.25, 0.3) is 0 Å². The summed E-state index contributed by atoms with van der Waals surface area (Å²) < 4.78 is 13.1. The Morgan fingerprint density at radius 1 is 1.60 bits per heavy atom. The third-order valence-electron chi connectivity index (χ3n) is 1.69. The van der Waals surface area contributed by atoms with Crippen LogP contribution in [0.5, 0.6) is 5.75 Å². The number of nitrogens with zero attached hydrogens (tertiary/aromatic N) is 1. The second-order valence-electron chi connectivity index (χ2n) is 2.60. The van der Waals surface area contributed by atoms with Crippen molar-refractivity contribution in [1.82, 2.24) is 0 Å². The Labute approximate surface area is 88.2 Å². The van der Waals surface area contributed by atoms with E-state index in [4.69, 9.17) is 16.7 Å². The van der Waals surface area contributed by atoms with Gasteiger partial charge in [0.05, 0.1) is 10.8 Å². The van der Waals surface area contributed by atoms with Crippen molar-refractivity contribution in [3.05, 3.63) is 33.6 Å². The van der Waals surface area contributed by atoms with Crippen molar-refractivity contribution in [1.29, 1.82) is 0 Å². The first kappa shape index (κ1) is 11.4. The zero-order valence-corrected chi connectivity index (χ0v) is 7.99. The summed E-state index contributed by atoms with van der Waals surface area (Å²) in [6.07, 6.45) is 0. The van der Waals surface area contributed by atoms with E-state index in [9.17, 15) is 19.3 Å². The molecular formula is C8H5ClFNO4. The molecule has 0 radical (unpaired) electrons. The predicted molar refractivity (Wildman–Crippen MR) is 49.8 cm³/mol. The molecule has 0 aliphatic heterocycles. The Balaban J connectivity index is 3.52. The van der Waals surface area contributed by atoms with Gasteiger partial charge in [0.1, 0.15) is 11.4 Å². The molecule has 0 bridgehead atoms. The highest BCUT2D eigenvalue weighted by Gasteiger charge is 2.27. The maximum Gasteiger partial charge on any atom is 0.324 e. The first-order valence-electron chi connectivity index (χ1n) is 3.74. The summed E-state index contributed by atoms with van der Waals surface area (Å²) in [5.74, 6) is -3.39. The van der Waals surface area contributed by atoms with E-state index in [0.29, 0.717) is 0 Å². The van der Waals surface area contributed by atoms with E-state index in [-0.39, 0.29) is 0 Å². The summed E-state index contributed by atoms with van der Waals surface area (Å²) in [4.78, 5) is 20.6. The maximum absolute atomic E-state index is 13.1. The minimum absolute atomic E-state index is 0.596. The number of hydrogen-bond acceptors (Lipinski definition) is 4. The maximum atomic E-state index is 13.1. The van der Waals surface area contributed by atoms with Gasteiger partial charge in [-0.15, -0.1) is 11.6 Å². The van der Waals surface area contributed by atoms with Gasteiger partial charge >= 0.3 is 5.69 Å². The minimum Gasteiger partial charge on any atom is -0.502 e. The molecule has 0 unspecified atom stereocenters. The number of ketones is 1. The molecule has 0 saturated carbocycles. The molecule has 15 heavy (non-hydrogen) atoms. The average Bonchev–Trinajstić information content (AvgIpc) is 2.19. The van der Waals surface area contributed by atoms with Crippen LogP contribution in [0.2, 0.25) is 0 Å². The third-order valence-corrected chi connectivity index (χ3v) is 1.93.